The molecule has 1 saturated heterocycles. The minimum atomic E-state index is -0.931. The Balaban J connectivity index is 1.24. The topological polar surface area (TPSA) is 94.2 Å². The molecule has 1 saturated carbocycles. The minimum Gasteiger partial charge on any atom is -0.491 e. The molecule has 1 aliphatic carbocycles. The second kappa shape index (κ2) is 9.46. The van der Waals surface area contributed by atoms with Crippen LogP contribution in [0, 0.1) is 0 Å². The van der Waals surface area contributed by atoms with Gasteiger partial charge in [0.2, 0.25) is 0 Å². The fourth-order valence-electron chi connectivity index (χ4n) is 5.06. The molecule has 3 aliphatic rings. The van der Waals surface area contributed by atoms with Crippen LogP contribution in [0.4, 0.5) is 11.4 Å². The number of esters is 1. The third-order valence-corrected chi connectivity index (χ3v) is 6.80. The summed E-state index contributed by atoms with van der Waals surface area (Å²) in [5.41, 5.74) is 0.616. The van der Waals surface area contributed by atoms with Crippen LogP contribution >= 0.6 is 0 Å². The van der Waals surface area contributed by atoms with Crippen LogP contribution in [-0.4, -0.2) is 49.2 Å². The largest absolute Gasteiger partial charge is 0.491 e. The molecule has 0 bridgehead atoms. The van der Waals surface area contributed by atoms with Crippen molar-refractivity contribution in [1.29, 1.82) is 0 Å². The summed E-state index contributed by atoms with van der Waals surface area (Å²) in [6.07, 6.45) is 5.04. The van der Waals surface area contributed by atoms with E-state index in [0.717, 1.165) is 32.3 Å². The predicted octanol–water partition coefficient (Wildman–Crippen LogP) is 3.70. The van der Waals surface area contributed by atoms with Gasteiger partial charge in [0.1, 0.15) is 17.9 Å². The van der Waals surface area contributed by atoms with E-state index in [9.17, 15) is 14.4 Å². The number of rotatable bonds is 6. The van der Waals surface area contributed by atoms with E-state index in [4.69, 9.17) is 14.2 Å². The summed E-state index contributed by atoms with van der Waals surface area (Å²) in [4.78, 5) is 40.4. The van der Waals surface area contributed by atoms with Crippen LogP contribution in [0.15, 0.2) is 48.5 Å². The lowest BCUT2D eigenvalue weighted by Gasteiger charge is -2.44. The summed E-state index contributed by atoms with van der Waals surface area (Å²) in [6, 6.07) is 13.8. The van der Waals surface area contributed by atoms with Crippen molar-refractivity contribution in [2.24, 2.45) is 0 Å². The molecule has 1 unspecified atom stereocenters. The highest BCUT2D eigenvalue weighted by atomic mass is 16.5. The van der Waals surface area contributed by atoms with Crippen LogP contribution in [0.25, 0.3) is 0 Å². The summed E-state index contributed by atoms with van der Waals surface area (Å²) in [6.45, 7) is 0.802. The minimum absolute atomic E-state index is 0.112. The van der Waals surface area contributed by atoms with E-state index in [1.165, 1.54) is 0 Å². The zero-order valence-corrected chi connectivity index (χ0v) is 19.0. The number of nitrogens with one attached hydrogen (secondary N) is 1. The summed E-state index contributed by atoms with van der Waals surface area (Å²) in [7, 11) is 0. The Hall–Kier alpha value is -3.39. The van der Waals surface area contributed by atoms with Crippen molar-refractivity contribution in [2.45, 2.75) is 50.2 Å². The lowest BCUT2D eigenvalue weighted by Crippen LogP contribution is -2.61. The zero-order chi connectivity index (χ0) is 23.5. The number of benzene rings is 2. The van der Waals surface area contributed by atoms with E-state index in [1.807, 2.05) is 18.2 Å². The molecule has 5 rings (SSSR count). The molecule has 2 aromatic carbocycles. The highest BCUT2D eigenvalue weighted by Gasteiger charge is 2.52. The molecular formula is C26H28N2O6. The number of hydrogen-bond acceptors (Lipinski definition) is 6. The first-order valence-corrected chi connectivity index (χ1v) is 11.8. The molecule has 0 aromatic heterocycles. The quantitative estimate of drug-likeness (QED) is 0.655. The second-order valence-electron chi connectivity index (χ2n) is 8.99. The van der Waals surface area contributed by atoms with Crippen LogP contribution < -0.4 is 15.0 Å². The van der Waals surface area contributed by atoms with E-state index in [0.29, 0.717) is 42.1 Å². The average Bonchev–Trinajstić information content (AvgIpc) is 3.55. The van der Waals surface area contributed by atoms with Gasteiger partial charge in [-0.1, -0.05) is 25.0 Å². The maximum absolute atomic E-state index is 13.3. The highest BCUT2D eigenvalue weighted by molar-refractivity contribution is 6.15. The molecule has 1 N–H and O–H groups in total. The first-order chi connectivity index (χ1) is 16.6. The van der Waals surface area contributed by atoms with Gasteiger partial charge in [-0.05, 0) is 62.1 Å². The Morgan fingerprint density at radius 3 is 2.56 bits per heavy atom. The summed E-state index contributed by atoms with van der Waals surface area (Å²) >= 11 is 0. The summed E-state index contributed by atoms with van der Waals surface area (Å²) < 4.78 is 16.6. The molecule has 2 aromatic rings. The molecule has 2 heterocycles. The zero-order valence-electron chi connectivity index (χ0n) is 19.0. The third kappa shape index (κ3) is 4.25. The Morgan fingerprint density at radius 2 is 1.82 bits per heavy atom. The molecule has 178 valence electrons. The number of hydrogen-bond donors (Lipinski definition) is 1. The standard InChI is InChI=1S/C26H28N2O6/c29-23(28-22-8-2-1-7-21(22)27-25(31)26(28)13-3-4-14-26)17-34-24(30)18-9-11-19(12-10-18)33-16-20-6-5-15-32-20/h1-2,7-12,20H,3-6,13-17H2,(H,27,31). The van der Waals surface area contributed by atoms with Crippen LogP contribution in [0.3, 0.4) is 0 Å². The first-order valence-electron chi connectivity index (χ1n) is 11.8. The van der Waals surface area contributed by atoms with Gasteiger partial charge in [0.25, 0.3) is 11.8 Å². The van der Waals surface area contributed by atoms with Gasteiger partial charge in [-0.2, -0.15) is 0 Å². The van der Waals surface area contributed by atoms with Crippen LogP contribution in [0.5, 0.6) is 5.75 Å². The van der Waals surface area contributed by atoms with Crippen molar-refractivity contribution in [3.8, 4) is 5.75 Å². The van der Waals surface area contributed by atoms with Crippen molar-refractivity contribution in [3.63, 3.8) is 0 Å². The van der Waals surface area contributed by atoms with Gasteiger partial charge in [-0.3, -0.25) is 14.5 Å². The Kier molecular flexibility index (Phi) is 6.24. The number of anilines is 2. The number of nitrogens with zero attached hydrogens (tertiary/aromatic N) is 1. The predicted molar refractivity (Wildman–Crippen MR) is 125 cm³/mol. The Bertz CT molecular complexity index is 1070. The van der Waals surface area contributed by atoms with Crippen LogP contribution in [0.2, 0.25) is 0 Å². The molecule has 0 radical (unpaired) electrons. The van der Waals surface area contributed by atoms with Gasteiger partial charge >= 0.3 is 5.97 Å². The number of carbonyl (C=O) groups is 3. The Labute approximate surface area is 198 Å². The number of amides is 2. The highest BCUT2D eigenvalue weighted by Crippen LogP contribution is 2.45. The maximum atomic E-state index is 13.3. The number of ether oxygens (including phenoxy) is 3. The van der Waals surface area contributed by atoms with Gasteiger partial charge in [0.15, 0.2) is 6.61 Å². The average molecular weight is 465 g/mol. The Morgan fingerprint density at radius 1 is 1.06 bits per heavy atom. The molecule has 8 nitrogen and oxygen atoms in total. The third-order valence-electron chi connectivity index (χ3n) is 6.80. The van der Waals surface area contributed by atoms with E-state index < -0.39 is 24.0 Å². The van der Waals surface area contributed by atoms with Gasteiger partial charge in [-0.25, -0.2) is 4.79 Å². The van der Waals surface area contributed by atoms with Crippen LogP contribution in [0.1, 0.15) is 48.9 Å². The van der Waals surface area contributed by atoms with Gasteiger partial charge in [0, 0.05) is 6.61 Å². The normalized spacial score (nSPS) is 20.6. The first kappa shape index (κ1) is 22.4. The van der Waals surface area contributed by atoms with E-state index in [1.54, 1.807) is 35.2 Å². The second-order valence-corrected chi connectivity index (χ2v) is 8.99. The molecule has 2 aliphatic heterocycles. The molecule has 2 fully saturated rings. The fraction of sp³-hybridized carbons (Fsp3) is 0.423. The van der Waals surface area contributed by atoms with Gasteiger partial charge < -0.3 is 19.5 Å². The molecule has 1 atom stereocenters. The number of para-hydroxylation sites is 2. The molecule has 1 spiro atoms. The van der Waals surface area contributed by atoms with Crippen molar-refractivity contribution >= 4 is 29.2 Å². The lowest BCUT2D eigenvalue weighted by molar-refractivity contribution is -0.129. The molecule has 8 heteroatoms. The summed E-state index contributed by atoms with van der Waals surface area (Å²) in [5, 5.41) is 2.94. The smallest absolute Gasteiger partial charge is 0.338 e. The van der Waals surface area contributed by atoms with Crippen molar-refractivity contribution in [3.05, 3.63) is 54.1 Å². The lowest BCUT2D eigenvalue weighted by atomic mass is 9.90. The molecule has 34 heavy (non-hydrogen) atoms. The maximum Gasteiger partial charge on any atom is 0.338 e. The molecule has 2 amide bonds. The van der Waals surface area contributed by atoms with Crippen molar-refractivity contribution in [2.75, 3.05) is 30.0 Å². The summed E-state index contributed by atoms with van der Waals surface area (Å²) in [5.74, 6) is -0.549. The van der Waals surface area contributed by atoms with Crippen molar-refractivity contribution < 1.29 is 28.6 Å². The molecular weight excluding hydrogens is 436 g/mol. The van der Waals surface area contributed by atoms with E-state index in [-0.39, 0.29) is 12.0 Å². The van der Waals surface area contributed by atoms with Crippen molar-refractivity contribution in [1.82, 2.24) is 0 Å². The fourth-order valence-corrected chi connectivity index (χ4v) is 5.06. The van der Waals surface area contributed by atoms with E-state index in [2.05, 4.69) is 5.32 Å². The SMILES string of the molecule is O=C(OCC(=O)N1c2ccccc2NC(=O)C12CCCC2)c1ccc(OCC2CCCO2)cc1. The van der Waals surface area contributed by atoms with Gasteiger partial charge in [0.05, 0.1) is 23.0 Å². The monoisotopic (exact) mass is 464 g/mol. The number of fused-ring (bicyclic) bond motifs is 1. The number of carbonyl (C=O) groups excluding carboxylic acids is 3. The van der Waals surface area contributed by atoms with Gasteiger partial charge in [-0.15, -0.1) is 0 Å². The van der Waals surface area contributed by atoms with Crippen LogP contribution in [-0.2, 0) is 19.1 Å². The van der Waals surface area contributed by atoms with E-state index >= 15 is 0 Å².